The van der Waals surface area contributed by atoms with Gasteiger partial charge in [-0.15, -0.1) is 0 Å². The molecule has 0 spiro atoms. The van der Waals surface area contributed by atoms with Gasteiger partial charge in [0, 0.05) is 42.8 Å². The molecular formula is C24H31N3O. The summed E-state index contributed by atoms with van der Waals surface area (Å²) in [4.78, 5) is 4.85. The summed E-state index contributed by atoms with van der Waals surface area (Å²) in [5.74, 6) is 0.951. The SMILES string of the molecule is COc1ccc2c(c1)c1c(n2CCCN(C)C)CN(Cc2ccccc2)CC1. The molecule has 4 heteroatoms. The number of rotatable bonds is 7. The summed E-state index contributed by atoms with van der Waals surface area (Å²) < 4.78 is 8.07. The Balaban J connectivity index is 1.65. The smallest absolute Gasteiger partial charge is 0.119 e. The molecular weight excluding hydrogens is 346 g/mol. The summed E-state index contributed by atoms with van der Waals surface area (Å²) in [6.07, 6.45) is 2.26. The number of aryl methyl sites for hydroxylation is 1. The molecule has 0 fully saturated rings. The molecule has 1 aromatic heterocycles. The van der Waals surface area contributed by atoms with Crippen LogP contribution in [0.4, 0.5) is 0 Å². The van der Waals surface area contributed by atoms with Gasteiger partial charge in [-0.05, 0) is 62.8 Å². The van der Waals surface area contributed by atoms with Crippen molar-refractivity contribution in [1.29, 1.82) is 0 Å². The zero-order valence-corrected chi connectivity index (χ0v) is 17.3. The Morgan fingerprint density at radius 2 is 1.89 bits per heavy atom. The van der Waals surface area contributed by atoms with Crippen LogP contribution in [0.1, 0.15) is 23.2 Å². The second kappa shape index (κ2) is 8.38. The molecule has 1 aliphatic heterocycles. The van der Waals surface area contributed by atoms with Crippen LogP contribution in [-0.2, 0) is 26.1 Å². The van der Waals surface area contributed by atoms with Gasteiger partial charge in [-0.2, -0.15) is 0 Å². The minimum absolute atomic E-state index is 0.951. The van der Waals surface area contributed by atoms with E-state index in [1.807, 2.05) is 0 Å². The number of ether oxygens (including phenoxy) is 1. The van der Waals surface area contributed by atoms with E-state index in [-0.39, 0.29) is 0 Å². The first kappa shape index (κ1) is 19.0. The maximum atomic E-state index is 5.51. The molecule has 3 aromatic rings. The van der Waals surface area contributed by atoms with E-state index in [0.717, 1.165) is 51.3 Å². The fourth-order valence-electron chi connectivity index (χ4n) is 4.38. The van der Waals surface area contributed by atoms with Gasteiger partial charge in [0.2, 0.25) is 0 Å². The maximum Gasteiger partial charge on any atom is 0.119 e. The Morgan fingerprint density at radius 1 is 1.07 bits per heavy atom. The van der Waals surface area contributed by atoms with Crippen LogP contribution in [0.3, 0.4) is 0 Å². The Hall–Kier alpha value is -2.30. The lowest BCUT2D eigenvalue weighted by Crippen LogP contribution is -2.31. The van der Waals surface area contributed by atoms with Crippen LogP contribution in [0, 0.1) is 0 Å². The van der Waals surface area contributed by atoms with Gasteiger partial charge in [0.05, 0.1) is 7.11 Å². The van der Waals surface area contributed by atoms with Crippen molar-refractivity contribution in [3.05, 3.63) is 65.4 Å². The quantitative estimate of drug-likeness (QED) is 0.617. The van der Waals surface area contributed by atoms with Crippen molar-refractivity contribution in [2.24, 2.45) is 0 Å². The standard InChI is InChI=1S/C24H31N3O/c1-25(2)13-7-14-27-23-11-10-20(28-3)16-22(23)21-12-15-26(18-24(21)27)17-19-8-5-4-6-9-19/h4-6,8-11,16H,7,12-15,17-18H2,1-3H3. The second-order valence-corrected chi connectivity index (χ2v) is 8.06. The van der Waals surface area contributed by atoms with Crippen LogP contribution in [0.5, 0.6) is 5.75 Å². The molecule has 28 heavy (non-hydrogen) atoms. The van der Waals surface area contributed by atoms with Gasteiger partial charge in [-0.25, -0.2) is 0 Å². The zero-order chi connectivity index (χ0) is 19.5. The van der Waals surface area contributed by atoms with Crippen molar-refractivity contribution >= 4 is 10.9 Å². The molecule has 0 radical (unpaired) electrons. The van der Waals surface area contributed by atoms with Crippen molar-refractivity contribution in [3.63, 3.8) is 0 Å². The zero-order valence-electron chi connectivity index (χ0n) is 17.3. The van der Waals surface area contributed by atoms with Crippen LogP contribution < -0.4 is 4.74 Å². The molecule has 2 heterocycles. The molecule has 0 bridgehead atoms. The number of nitrogens with zero attached hydrogens (tertiary/aromatic N) is 3. The van der Waals surface area contributed by atoms with Crippen LogP contribution in [0.15, 0.2) is 48.5 Å². The van der Waals surface area contributed by atoms with Crippen LogP contribution in [0.2, 0.25) is 0 Å². The molecule has 0 amide bonds. The first-order valence-electron chi connectivity index (χ1n) is 10.2. The Bertz CT molecular complexity index is 930. The maximum absolute atomic E-state index is 5.51. The molecule has 1 aliphatic rings. The molecule has 0 aliphatic carbocycles. The molecule has 0 saturated carbocycles. The summed E-state index contributed by atoms with van der Waals surface area (Å²) >= 11 is 0. The predicted octanol–water partition coefficient (Wildman–Crippen LogP) is 4.16. The lowest BCUT2D eigenvalue weighted by Gasteiger charge is -2.28. The minimum Gasteiger partial charge on any atom is -0.497 e. The van der Waals surface area contributed by atoms with Crippen molar-refractivity contribution in [2.75, 3.05) is 34.3 Å². The van der Waals surface area contributed by atoms with Gasteiger partial charge < -0.3 is 14.2 Å². The van der Waals surface area contributed by atoms with E-state index in [9.17, 15) is 0 Å². The lowest BCUT2D eigenvalue weighted by atomic mass is 10.0. The van der Waals surface area contributed by atoms with Gasteiger partial charge >= 0.3 is 0 Å². The molecule has 0 atom stereocenters. The fraction of sp³-hybridized carbons (Fsp3) is 0.417. The number of methoxy groups -OCH3 is 1. The van der Waals surface area contributed by atoms with Gasteiger partial charge in [-0.3, -0.25) is 4.90 Å². The van der Waals surface area contributed by atoms with Crippen molar-refractivity contribution < 1.29 is 4.74 Å². The van der Waals surface area contributed by atoms with Gasteiger partial charge in [0.15, 0.2) is 0 Å². The fourth-order valence-corrected chi connectivity index (χ4v) is 4.38. The van der Waals surface area contributed by atoms with Gasteiger partial charge in [-0.1, -0.05) is 30.3 Å². The van der Waals surface area contributed by atoms with Crippen molar-refractivity contribution in [1.82, 2.24) is 14.4 Å². The molecule has 4 rings (SSSR count). The molecule has 2 aromatic carbocycles. The van der Waals surface area contributed by atoms with Crippen molar-refractivity contribution in [2.45, 2.75) is 32.5 Å². The first-order valence-corrected chi connectivity index (χ1v) is 10.2. The summed E-state index contributed by atoms with van der Waals surface area (Å²) in [5, 5.41) is 1.37. The number of fused-ring (bicyclic) bond motifs is 3. The van der Waals surface area contributed by atoms with E-state index in [4.69, 9.17) is 4.74 Å². The highest BCUT2D eigenvalue weighted by molar-refractivity contribution is 5.87. The lowest BCUT2D eigenvalue weighted by molar-refractivity contribution is 0.238. The van der Waals surface area contributed by atoms with Crippen LogP contribution in [0.25, 0.3) is 10.9 Å². The number of hydrogen-bond donors (Lipinski definition) is 0. The normalized spacial score (nSPS) is 14.6. The summed E-state index contributed by atoms with van der Waals surface area (Å²) in [6.45, 7) is 5.32. The molecule has 0 unspecified atom stereocenters. The van der Waals surface area contributed by atoms with E-state index in [1.165, 1.54) is 27.7 Å². The summed E-state index contributed by atoms with van der Waals surface area (Å²) in [6, 6.07) is 17.4. The highest BCUT2D eigenvalue weighted by Gasteiger charge is 2.24. The second-order valence-electron chi connectivity index (χ2n) is 8.06. The third kappa shape index (κ3) is 3.94. The molecule has 4 nitrogen and oxygen atoms in total. The molecule has 0 saturated heterocycles. The third-order valence-corrected chi connectivity index (χ3v) is 5.78. The summed E-state index contributed by atoms with van der Waals surface area (Å²) in [7, 11) is 6.05. The Morgan fingerprint density at radius 3 is 2.64 bits per heavy atom. The number of hydrogen-bond acceptors (Lipinski definition) is 3. The average molecular weight is 378 g/mol. The summed E-state index contributed by atoms with van der Waals surface area (Å²) in [5.41, 5.74) is 5.75. The van der Waals surface area contributed by atoms with Crippen LogP contribution in [-0.4, -0.2) is 48.7 Å². The first-order chi connectivity index (χ1) is 13.7. The van der Waals surface area contributed by atoms with E-state index in [2.05, 4.69) is 77.0 Å². The van der Waals surface area contributed by atoms with E-state index < -0.39 is 0 Å². The van der Waals surface area contributed by atoms with Crippen molar-refractivity contribution in [3.8, 4) is 5.75 Å². The number of aromatic nitrogens is 1. The van der Waals surface area contributed by atoms with Crippen LogP contribution >= 0.6 is 0 Å². The predicted molar refractivity (Wildman–Crippen MR) is 116 cm³/mol. The van der Waals surface area contributed by atoms with E-state index in [0.29, 0.717) is 0 Å². The third-order valence-electron chi connectivity index (χ3n) is 5.78. The van der Waals surface area contributed by atoms with Gasteiger partial charge in [0.25, 0.3) is 0 Å². The number of benzene rings is 2. The van der Waals surface area contributed by atoms with E-state index in [1.54, 1.807) is 7.11 Å². The van der Waals surface area contributed by atoms with E-state index >= 15 is 0 Å². The Labute approximate surface area is 168 Å². The molecule has 148 valence electrons. The van der Waals surface area contributed by atoms with Gasteiger partial charge in [0.1, 0.15) is 5.75 Å². The minimum atomic E-state index is 0.951. The highest BCUT2D eigenvalue weighted by atomic mass is 16.5. The Kier molecular flexibility index (Phi) is 5.69. The average Bonchev–Trinajstić information content (AvgIpc) is 3.01. The topological polar surface area (TPSA) is 20.6 Å². The largest absolute Gasteiger partial charge is 0.497 e. The highest BCUT2D eigenvalue weighted by Crippen LogP contribution is 2.34. The monoisotopic (exact) mass is 377 g/mol. The molecule has 0 N–H and O–H groups in total.